The second kappa shape index (κ2) is 5.15. The largest absolute Gasteiger partial charge is 0.325 e. The van der Waals surface area contributed by atoms with Gasteiger partial charge in [-0.15, -0.1) is 0 Å². The predicted octanol–water partition coefficient (Wildman–Crippen LogP) is 1.68. The van der Waals surface area contributed by atoms with E-state index in [0.29, 0.717) is 4.90 Å². The molecule has 2 N–H and O–H groups in total. The van der Waals surface area contributed by atoms with Crippen molar-refractivity contribution in [1.82, 2.24) is 4.90 Å². The molecule has 0 aromatic heterocycles. The smallest absolute Gasteiger partial charge is 0.277 e. The number of hydrogen-bond acceptors (Lipinski definition) is 3. The van der Waals surface area contributed by atoms with E-state index in [1.165, 1.54) is 0 Å². The number of nitrogens with two attached hydrogens (primary N) is 1. The first-order chi connectivity index (χ1) is 8.87. The second-order valence-corrected chi connectivity index (χ2v) is 5.85. The van der Waals surface area contributed by atoms with Gasteiger partial charge in [0.2, 0.25) is 11.8 Å². The summed E-state index contributed by atoms with van der Waals surface area (Å²) in [5.74, 6) is -4.12. The van der Waals surface area contributed by atoms with Crippen LogP contribution in [0.25, 0.3) is 0 Å². The quantitative estimate of drug-likeness (QED) is 0.796. The van der Waals surface area contributed by atoms with Crippen molar-refractivity contribution in [2.75, 3.05) is 13.1 Å². The van der Waals surface area contributed by atoms with Crippen LogP contribution in [0.15, 0.2) is 0 Å². The highest BCUT2D eigenvalue weighted by atomic mass is 19.3. The fourth-order valence-corrected chi connectivity index (χ4v) is 3.16. The zero-order valence-electron chi connectivity index (χ0n) is 11.0. The highest BCUT2D eigenvalue weighted by Gasteiger charge is 2.46. The maximum absolute atomic E-state index is 13.2. The minimum Gasteiger partial charge on any atom is -0.325 e. The van der Waals surface area contributed by atoms with Gasteiger partial charge in [0.1, 0.15) is 0 Å². The maximum Gasteiger partial charge on any atom is 0.277 e. The standard InChI is InChI=1S/C13H20F2N2O2/c14-13(15,8-16)9-17-10(18)6-12(7-11(17)19)4-2-1-3-5-12/h1-9,16H2. The Hall–Kier alpha value is -1.04. The average molecular weight is 274 g/mol. The van der Waals surface area contributed by atoms with Gasteiger partial charge in [0.25, 0.3) is 5.92 Å². The molecule has 1 heterocycles. The van der Waals surface area contributed by atoms with E-state index in [9.17, 15) is 18.4 Å². The number of nitrogens with zero attached hydrogens (tertiary/aromatic N) is 1. The van der Waals surface area contributed by atoms with E-state index in [4.69, 9.17) is 5.73 Å². The van der Waals surface area contributed by atoms with Gasteiger partial charge in [0.15, 0.2) is 0 Å². The van der Waals surface area contributed by atoms with Gasteiger partial charge in [-0.25, -0.2) is 8.78 Å². The zero-order valence-corrected chi connectivity index (χ0v) is 11.0. The van der Waals surface area contributed by atoms with Gasteiger partial charge in [-0.05, 0) is 18.3 Å². The zero-order chi connectivity index (χ0) is 14.1. The van der Waals surface area contributed by atoms with E-state index in [1.54, 1.807) is 0 Å². The third-order valence-corrected chi connectivity index (χ3v) is 4.26. The average Bonchev–Trinajstić information content (AvgIpc) is 2.35. The molecule has 19 heavy (non-hydrogen) atoms. The summed E-state index contributed by atoms with van der Waals surface area (Å²) in [6.45, 7) is -1.73. The maximum atomic E-state index is 13.2. The Balaban J connectivity index is 2.07. The van der Waals surface area contributed by atoms with Crippen LogP contribution in [0.1, 0.15) is 44.9 Å². The Morgan fingerprint density at radius 2 is 1.63 bits per heavy atom. The molecule has 0 atom stereocenters. The number of rotatable bonds is 3. The van der Waals surface area contributed by atoms with Gasteiger partial charge in [0.05, 0.1) is 13.1 Å². The van der Waals surface area contributed by atoms with Crippen molar-refractivity contribution in [2.45, 2.75) is 50.9 Å². The monoisotopic (exact) mass is 274 g/mol. The number of alkyl halides is 2. The van der Waals surface area contributed by atoms with Crippen molar-refractivity contribution < 1.29 is 18.4 Å². The number of carbonyl (C=O) groups excluding carboxylic acids is 2. The third kappa shape index (κ3) is 3.11. The van der Waals surface area contributed by atoms with Crippen molar-refractivity contribution in [1.29, 1.82) is 0 Å². The van der Waals surface area contributed by atoms with Gasteiger partial charge >= 0.3 is 0 Å². The molecule has 0 bridgehead atoms. The van der Waals surface area contributed by atoms with Gasteiger partial charge in [-0.2, -0.15) is 0 Å². The summed E-state index contributed by atoms with van der Waals surface area (Å²) in [4.78, 5) is 24.7. The third-order valence-electron chi connectivity index (χ3n) is 4.26. The molecule has 2 aliphatic rings. The van der Waals surface area contributed by atoms with Gasteiger partial charge in [-0.3, -0.25) is 14.5 Å². The van der Waals surface area contributed by atoms with E-state index < -0.39 is 30.8 Å². The highest BCUT2D eigenvalue weighted by Crippen LogP contribution is 2.45. The van der Waals surface area contributed by atoms with Crippen LogP contribution in [-0.2, 0) is 9.59 Å². The molecule has 1 saturated heterocycles. The number of likely N-dealkylation sites (tertiary alicyclic amines) is 1. The van der Waals surface area contributed by atoms with Crippen LogP contribution >= 0.6 is 0 Å². The molecular weight excluding hydrogens is 254 g/mol. The summed E-state index contributed by atoms with van der Waals surface area (Å²) in [5, 5.41) is 0. The first-order valence-electron chi connectivity index (χ1n) is 6.79. The van der Waals surface area contributed by atoms with Crippen LogP contribution in [0, 0.1) is 5.41 Å². The van der Waals surface area contributed by atoms with E-state index in [0.717, 1.165) is 32.1 Å². The number of imide groups is 1. The van der Waals surface area contributed by atoms with E-state index in [-0.39, 0.29) is 18.3 Å². The number of halogens is 2. The summed E-state index contributed by atoms with van der Waals surface area (Å²) in [6, 6.07) is 0. The van der Waals surface area contributed by atoms with Crippen LogP contribution in [0.5, 0.6) is 0 Å². The van der Waals surface area contributed by atoms with Gasteiger partial charge < -0.3 is 5.73 Å². The lowest BCUT2D eigenvalue weighted by Crippen LogP contribution is -2.53. The molecule has 0 aromatic carbocycles. The minimum atomic E-state index is -3.19. The van der Waals surface area contributed by atoms with Crippen molar-refractivity contribution in [3.8, 4) is 0 Å². The Labute approximate surface area is 111 Å². The number of hydrogen-bond donors (Lipinski definition) is 1. The summed E-state index contributed by atoms with van der Waals surface area (Å²) in [7, 11) is 0. The van der Waals surface area contributed by atoms with Crippen molar-refractivity contribution in [3.63, 3.8) is 0 Å². The summed E-state index contributed by atoms with van der Waals surface area (Å²) >= 11 is 0. The Morgan fingerprint density at radius 1 is 1.11 bits per heavy atom. The molecule has 4 nitrogen and oxygen atoms in total. The highest BCUT2D eigenvalue weighted by molar-refractivity contribution is 5.98. The molecule has 2 rings (SSSR count). The molecule has 1 saturated carbocycles. The van der Waals surface area contributed by atoms with E-state index in [2.05, 4.69) is 0 Å². The molecule has 0 radical (unpaired) electrons. The Morgan fingerprint density at radius 3 is 2.11 bits per heavy atom. The van der Waals surface area contributed by atoms with Crippen molar-refractivity contribution in [2.24, 2.45) is 11.1 Å². The van der Waals surface area contributed by atoms with Crippen LogP contribution in [0.4, 0.5) is 8.78 Å². The molecule has 1 aliphatic heterocycles. The Bertz CT molecular complexity index is 359. The van der Waals surface area contributed by atoms with E-state index in [1.807, 2.05) is 0 Å². The normalized spacial score (nSPS) is 24.1. The Kier molecular flexibility index (Phi) is 3.90. The van der Waals surface area contributed by atoms with Crippen molar-refractivity contribution in [3.05, 3.63) is 0 Å². The number of amides is 2. The number of piperidine rings is 1. The van der Waals surface area contributed by atoms with E-state index >= 15 is 0 Å². The minimum absolute atomic E-state index is 0.222. The lowest BCUT2D eigenvalue weighted by Gasteiger charge is -2.42. The molecule has 6 heteroatoms. The molecule has 2 amide bonds. The predicted molar refractivity (Wildman–Crippen MR) is 65.5 cm³/mol. The lowest BCUT2D eigenvalue weighted by atomic mass is 9.67. The SMILES string of the molecule is NCC(F)(F)CN1C(=O)CC2(CCCCC2)CC1=O. The first kappa shape index (κ1) is 14.4. The van der Waals surface area contributed by atoms with Gasteiger partial charge in [-0.1, -0.05) is 19.3 Å². The molecule has 0 aromatic rings. The molecule has 2 fully saturated rings. The molecule has 108 valence electrons. The summed E-state index contributed by atoms with van der Waals surface area (Å²) in [5.41, 5.74) is 4.69. The fraction of sp³-hybridized carbons (Fsp3) is 0.846. The van der Waals surface area contributed by atoms with Gasteiger partial charge in [0, 0.05) is 12.8 Å². The number of carbonyl (C=O) groups is 2. The molecule has 1 spiro atoms. The lowest BCUT2D eigenvalue weighted by molar-refractivity contribution is -0.160. The summed E-state index contributed by atoms with van der Waals surface area (Å²) in [6.07, 6.45) is 5.30. The molecular formula is C13H20F2N2O2. The van der Waals surface area contributed by atoms with Crippen LogP contribution < -0.4 is 5.73 Å². The van der Waals surface area contributed by atoms with Crippen LogP contribution in [0.2, 0.25) is 0 Å². The first-order valence-corrected chi connectivity index (χ1v) is 6.79. The summed E-state index contributed by atoms with van der Waals surface area (Å²) < 4.78 is 26.5. The van der Waals surface area contributed by atoms with Crippen LogP contribution in [0.3, 0.4) is 0 Å². The fourth-order valence-electron chi connectivity index (χ4n) is 3.16. The topological polar surface area (TPSA) is 63.4 Å². The second-order valence-electron chi connectivity index (χ2n) is 5.85. The molecule has 0 unspecified atom stereocenters. The van der Waals surface area contributed by atoms with Crippen molar-refractivity contribution >= 4 is 11.8 Å². The van der Waals surface area contributed by atoms with Crippen LogP contribution in [-0.4, -0.2) is 35.7 Å². The molecule has 1 aliphatic carbocycles.